The van der Waals surface area contributed by atoms with Crippen LogP contribution >= 0.6 is 0 Å². The van der Waals surface area contributed by atoms with E-state index in [-0.39, 0.29) is 6.04 Å². The van der Waals surface area contributed by atoms with Crippen molar-refractivity contribution in [1.29, 1.82) is 0 Å². The lowest BCUT2D eigenvalue weighted by Crippen LogP contribution is -2.37. The van der Waals surface area contributed by atoms with E-state index in [1.807, 2.05) is 32.0 Å². The molecule has 0 N–H and O–H groups in total. The van der Waals surface area contributed by atoms with Crippen molar-refractivity contribution in [3.8, 4) is 0 Å². The Bertz CT molecular complexity index is 590. The third-order valence-electron chi connectivity index (χ3n) is 4.34. The Balaban J connectivity index is 1.99. The maximum absolute atomic E-state index is 12.9. The number of sulfonamides is 1. The maximum Gasteiger partial charge on any atom is 0.243 e. The molecule has 0 aromatic heterocycles. The highest BCUT2D eigenvalue weighted by Gasteiger charge is 2.43. The molecule has 2 aliphatic rings. The van der Waals surface area contributed by atoms with Crippen LogP contribution in [0.4, 0.5) is 0 Å². The van der Waals surface area contributed by atoms with E-state index in [1.165, 1.54) is 12.8 Å². The van der Waals surface area contributed by atoms with E-state index >= 15 is 0 Å². The second kappa shape index (κ2) is 4.60. The minimum Gasteiger partial charge on any atom is -0.207 e. The molecule has 0 amide bonds. The molecule has 1 heterocycles. The van der Waals surface area contributed by atoms with E-state index in [0.717, 1.165) is 24.0 Å². The van der Waals surface area contributed by atoms with Crippen molar-refractivity contribution in [2.75, 3.05) is 6.54 Å². The average molecular weight is 279 g/mol. The molecule has 3 nitrogen and oxygen atoms in total. The van der Waals surface area contributed by atoms with Gasteiger partial charge < -0.3 is 0 Å². The summed E-state index contributed by atoms with van der Waals surface area (Å²) in [5.41, 5.74) is 1.86. The summed E-state index contributed by atoms with van der Waals surface area (Å²) >= 11 is 0. The van der Waals surface area contributed by atoms with E-state index in [9.17, 15) is 8.42 Å². The van der Waals surface area contributed by atoms with Crippen molar-refractivity contribution in [3.05, 3.63) is 29.3 Å². The second-order valence-corrected chi connectivity index (χ2v) is 7.79. The second-order valence-electron chi connectivity index (χ2n) is 5.93. The molecule has 104 valence electrons. The Morgan fingerprint density at radius 2 is 1.89 bits per heavy atom. The molecule has 19 heavy (non-hydrogen) atoms. The van der Waals surface area contributed by atoms with Crippen LogP contribution in [0.1, 0.15) is 36.8 Å². The van der Waals surface area contributed by atoms with E-state index in [2.05, 4.69) is 0 Å². The first kappa shape index (κ1) is 13.1. The third kappa shape index (κ3) is 2.32. The number of aryl methyl sites for hydroxylation is 2. The van der Waals surface area contributed by atoms with Crippen molar-refractivity contribution < 1.29 is 8.42 Å². The third-order valence-corrected chi connectivity index (χ3v) is 6.41. The predicted molar refractivity (Wildman–Crippen MR) is 75.6 cm³/mol. The highest BCUT2D eigenvalue weighted by Crippen LogP contribution is 2.42. The maximum atomic E-state index is 12.9. The molecule has 0 radical (unpaired) electrons. The lowest BCUT2D eigenvalue weighted by molar-refractivity contribution is 0.356. The van der Waals surface area contributed by atoms with Crippen LogP contribution in [-0.2, 0) is 10.0 Å². The summed E-state index contributed by atoms with van der Waals surface area (Å²) in [6, 6.07) is 5.94. The highest BCUT2D eigenvalue weighted by molar-refractivity contribution is 7.89. The van der Waals surface area contributed by atoms with Gasteiger partial charge in [0.2, 0.25) is 10.0 Å². The molecule has 0 bridgehead atoms. The average Bonchev–Trinajstić information content (AvgIpc) is 3.09. The van der Waals surface area contributed by atoms with Gasteiger partial charge in [-0.05, 0) is 62.6 Å². The first-order valence-electron chi connectivity index (χ1n) is 7.09. The number of benzene rings is 1. The van der Waals surface area contributed by atoms with Gasteiger partial charge in [-0.2, -0.15) is 4.31 Å². The zero-order valence-electron chi connectivity index (χ0n) is 11.6. The molecule has 1 aromatic rings. The first-order chi connectivity index (χ1) is 9.00. The van der Waals surface area contributed by atoms with Gasteiger partial charge in [0.25, 0.3) is 0 Å². The van der Waals surface area contributed by atoms with Gasteiger partial charge in [-0.15, -0.1) is 0 Å². The zero-order chi connectivity index (χ0) is 13.6. The molecule has 1 saturated carbocycles. The van der Waals surface area contributed by atoms with Gasteiger partial charge in [-0.1, -0.05) is 12.1 Å². The van der Waals surface area contributed by atoms with Gasteiger partial charge in [-0.25, -0.2) is 8.42 Å². The first-order valence-corrected chi connectivity index (χ1v) is 8.53. The largest absolute Gasteiger partial charge is 0.243 e. The quantitative estimate of drug-likeness (QED) is 0.853. The molecular weight excluding hydrogens is 258 g/mol. The van der Waals surface area contributed by atoms with Gasteiger partial charge >= 0.3 is 0 Å². The Hall–Kier alpha value is -0.870. The van der Waals surface area contributed by atoms with Crippen molar-refractivity contribution in [2.45, 2.75) is 50.5 Å². The Kier molecular flexibility index (Phi) is 3.18. The van der Waals surface area contributed by atoms with Gasteiger partial charge in [0.1, 0.15) is 0 Å². The van der Waals surface area contributed by atoms with E-state index in [1.54, 1.807) is 4.31 Å². The SMILES string of the molecule is Cc1ccc(C)c(S(=O)(=O)N2CCCC2C2CC2)c1. The van der Waals surface area contributed by atoms with E-state index in [0.29, 0.717) is 17.4 Å². The molecule has 1 saturated heterocycles. The van der Waals surface area contributed by atoms with E-state index < -0.39 is 10.0 Å². The highest BCUT2D eigenvalue weighted by atomic mass is 32.2. The van der Waals surface area contributed by atoms with Crippen molar-refractivity contribution in [2.24, 2.45) is 5.92 Å². The topological polar surface area (TPSA) is 37.4 Å². The molecule has 2 fully saturated rings. The van der Waals surface area contributed by atoms with Gasteiger partial charge in [0, 0.05) is 12.6 Å². The predicted octanol–water partition coefficient (Wildman–Crippen LogP) is 2.87. The van der Waals surface area contributed by atoms with E-state index in [4.69, 9.17) is 0 Å². The Morgan fingerprint density at radius 1 is 1.16 bits per heavy atom. The van der Waals surface area contributed by atoms with Crippen molar-refractivity contribution >= 4 is 10.0 Å². The standard InChI is InChI=1S/C15H21NO2S/c1-11-5-6-12(2)15(10-11)19(17,18)16-9-3-4-14(16)13-7-8-13/h5-6,10,13-14H,3-4,7-9H2,1-2H3. The molecule has 1 aliphatic heterocycles. The molecule has 1 unspecified atom stereocenters. The number of hydrogen-bond donors (Lipinski definition) is 0. The lowest BCUT2D eigenvalue weighted by atomic mass is 10.1. The smallest absolute Gasteiger partial charge is 0.207 e. The summed E-state index contributed by atoms with van der Waals surface area (Å²) in [7, 11) is -3.31. The van der Waals surface area contributed by atoms with Crippen molar-refractivity contribution in [3.63, 3.8) is 0 Å². The van der Waals surface area contributed by atoms with Gasteiger partial charge in [0.05, 0.1) is 4.90 Å². The molecule has 4 heteroatoms. The summed E-state index contributed by atoms with van der Waals surface area (Å²) in [4.78, 5) is 0.500. The number of nitrogens with zero attached hydrogens (tertiary/aromatic N) is 1. The van der Waals surface area contributed by atoms with Gasteiger partial charge in [0.15, 0.2) is 0 Å². The molecule has 1 aliphatic carbocycles. The van der Waals surface area contributed by atoms with Crippen LogP contribution < -0.4 is 0 Å². The van der Waals surface area contributed by atoms with Crippen LogP contribution in [-0.4, -0.2) is 25.3 Å². The monoisotopic (exact) mass is 279 g/mol. The fraction of sp³-hybridized carbons (Fsp3) is 0.600. The van der Waals surface area contributed by atoms with Crippen molar-refractivity contribution in [1.82, 2.24) is 4.31 Å². The molecule has 3 rings (SSSR count). The summed E-state index contributed by atoms with van der Waals surface area (Å²) in [5, 5.41) is 0. The summed E-state index contributed by atoms with van der Waals surface area (Å²) in [6.45, 7) is 4.52. The van der Waals surface area contributed by atoms with Crippen LogP contribution in [0.25, 0.3) is 0 Å². The van der Waals surface area contributed by atoms with Gasteiger partial charge in [-0.3, -0.25) is 0 Å². The molecule has 1 aromatic carbocycles. The summed E-state index contributed by atoms with van der Waals surface area (Å²) < 4.78 is 27.5. The number of hydrogen-bond acceptors (Lipinski definition) is 2. The summed E-state index contributed by atoms with van der Waals surface area (Å²) in [5.74, 6) is 0.613. The Labute approximate surface area is 115 Å². The zero-order valence-corrected chi connectivity index (χ0v) is 12.4. The van der Waals surface area contributed by atoms with Crippen LogP contribution in [0, 0.1) is 19.8 Å². The summed E-state index contributed by atoms with van der Waals surface area (Å²) in [6.07, 6.45) is 4.44. The molecular formula is C15H21NO2S. The normalized spacial score (nSPS) is 24.8. The minimum absolute atomic E-state index is 0.255. The molecule has 0 spiro atoms. The van der Waals surface area contributed by atoms with Crippen LogP contribution in [0.15, 0.2) is 23.1 Å². The Morgan fingerprint density at radius 3 is 2.58 bits per heavy atom. The fourth-order valence-corrected chi connectivity index (χ4v) is 5.19. The van der Waals surface area contributed by atoms with Crippen LogP contribution in [0.5, 0.6) is 0 Å². The van der Waals surface area contributed by atoms with Crippen LogP contribution in [0.3, 0.4) is 0 Å². The minimum atomic E-state index is -3.31. The van der Waals surface area contributed by atoms with Crippen LogP contribution in [0.2, 0.25) is 0 Å². The number of rotatable bonds is 3. The fourth-order valence-electron chi connectivity index (χ4n) is 3.13. The molecule has 1 atom stereocenters. The lowest BCUT2D eigenvalue weighted by Gasteiger charge is -2.25.